The maximum atomic E-state index is 12.8. The van der Waals surface area contributed by atoms with Gasteiger partial charge >= 0.3 is 0 Å². The number of carbonyl (C=O) groups excluding carboxylic acids is 2. The molecule has 25 heavy (non-hydrogen) atoms. The van der Waals surface area contributed by atoms with Gasteiger partial charge < -0.3 is 10.2 Å². The van der Waals surface area contributed by atoms with Crippen LogP contribution in [0.5, 0.6) is 0 Å². The van der Waals surface area contributed by atoms with Crippen molar-refractivity contribution in [1.82, 2.24) is 5.32 Å². The monoisotopic (exact) mass is 366 g/mol. The highest BCUT2D eigenvalue weighted by Gasteiger charge is 2.29. The molecule has 0 unspecified atom stereocenters. The minimum absolute atomic E-state index is 0.0277. The summed E-state index contributed by atoms with van der Waals surface area (Å²) >= 11 is 0. The Hall–Kier alpha value is -1.89. The number of benzene rings is 1. The van der Waals surface area contributed by atoms with E-state index in [-0.39, 0.29) is 29.2 Å². The van der Waals surface area contributed by atoms with Gasteiger partial charge in [-0.25, -0.2) is 8.42 Å². The van der Waals surface area contributed by atoms with E-state index in [0.29, 0.717) is 13.0 Å². The fraction of sp³-hybridized carbons (Fsp3) is 0.556. The van der Waals surface area contributed by atoms with Gasteiger partial charge in [-0.3, -0.25) is 9.59 Å². The highest BCUT2D eigenvalue weighted by molar-refractivity contribution is 7.92. The third-order valence-electron chi connectivity index (χ3n) is 4.68. The first kappa shape index (κ1) is 19.4. The van der Waals surface area contributed by atoms with Gasteiger partial charge in [-0.1, -0.05) is 6.92 Å². The smallest absolute Gasteiger partial charge is 0.223 e. The number of hydrogen-bond donors (Lipinski definition) is 1. The number of sulfone groups is 1. The summed E-state index contributed by atoms with van der Waals surface area (Å²) in [7, 11) is -3.60. The molecule has 1 aliphatic heterocycles. The zero-order valence-corrected chi connectivity index (χ0v) is 16.0. The molecule has 0 radical (unpaired) electrons. The quantitative estimate of drug-likeness (QED) is 0.835. The van der Waals surface area contributed by atoms with Crippen molar-refractivity contribution in [2.75, 3.05) is 11.4 Å². The summed E-state index contributed by atoms with van der Waals surface area (Å²) in [6.07, 6.45) is 1.37. The molecule has 2 rings (SSSR count). The molecule has 138 valence electrons. The molecular weight excluding hydrogens is 340 g/mol. The lowest BCUT2D eigenvalue weighted by atomic mass is 10.2. The lowest BCUT2D eigenvalue weighted by Gasteiger charge is -2.17. The molecule has 0 bridgehead atoms. The maximum absolute atomic E-state index is 12.8. The molecule has 0 spiro atoms. The van der Waals surface area contributed by atoms with Gasteiger partial charge in [0.05, 0.1) is 10.1 Å². The molecular formula is C18H26N2O4S. The predicted octanol–water partition coefficient (Wildman–Crippen LogP) is 2.06. The normalized spacial score (nSPS) is 16.2. The fourth-order valence-electron chi connectivity index (χ4n) is 2.92. The number of nitrogens with one attached hydrogen (secondary N) is 1. The Morgan fingerprint density at radius 3 is 2.56 bits per heavy atom. The van der Waals surface area contributed by atoms with Crippen molar-refractivity contribution < 1.29 is 18.0 Å². The van der Waals surface area contributed by atoms with E-state index in [2.05, 4.69) is 5.32 Å². The van der Waals surface area contributed by atoms with Crippen LogP contribution in [-0.4, -0.2) is 38.1 Å². The van der Waals surface area contributed by atoms with Gasteiger partial charge in [0.25, 0.3) is 0 Å². The summed E-state index contributed by atoms with van der Waals surface area (Å²) in [6, 6.07) is 4.87. The predicted molar refractivity (Wildman–Crippen MR) is 97.3 cm³/mol. The average molecular weight is 366 g/mol. The molecule has 1 aromatic carbocycles. The number of rotatable bonds is 6. The standard InChI is InChI=1S/C18H26N2O4S/c1-5-12(2)19-18(22)10-13(3)25(23,24)16-6-7-17-15(11-16)8-9-20(17)14(4)21/h6-7,11-13H,5,8-10H2,1-4H3,(H,19,22)/t12-,13+/m0/s1. The summed E-state index contributed by atoms with van der Waals surface area (Å²) < 4.78 is 25.6. The SMILES string of the molecule is CC[C@H](C)NC(=O)C[C@@H](C)S(=O)(=O)c1ccc2c(c1)CCN2C(C)=O. The molecule has 0 saturated heterocycles. The van der Waals surface area contributed by atoms with Gasteiger partial charge in [0.1, 0.15) is 0 Å². The molecule has 7 heteroatoms. The van der Waals surface area contributed by atoms with E-state index in [1.165, 1.54) is 13.0 Å². The Kier molecular flexibility index (Phi) is 5.87. The second-order valence-electron chi connectivity index (χ2n) is 6.65. The number of nitrogens with zero attached hydrogens (tertiary/aromatic N) is 1. The van der Waals surface area contributed by atoms with Crippen molar-refractivity contribution in [3.8, 4) is 0 Å². The Bertz CT molecular complexity index is 773. The number of carbonyl (C=O) groups is 2. The summed E-state index contributed by atoms with van der Waals surface area (Å²) in [6.45, 7) is 7.47. The highest BCUT2D eigenvalue weighted by atomic mass is 32.2. The molecule has 1 N–H and O–H groups in total. The Labute approximate surface area is 149 Å². The molecule has 6 nitrogen and oxygen atoms in total. The van der Waals surface area contributed by atoms with E-state index in [4.69, 9.17) is 0 Å². The van der Waals surface area contributed by atoms with Crippen molar-refractivity contribution in [3.63, 3.8) is 0 Å². The first-order valence-electron chi connectivity index (χ1n) is 8.61. The van der Waals surface area contributed by atoms with Crippen molar-refractivity contribution in [2.45, 2.75) is 63.1 Å². The fourth-order valence-corrected chi connectivity index (χ4v) is 4.32. The number of fused-ring (bicyclic) bond motifs is 1. The van der Waals surface area contributed by atoms with E-state index >= 15 is 0 Å². The zero-order chi connectivity index (χ0) is 18.8. The molecule has 0 saturated carbocycles. The van der Waals surface area contributed by atoms with Gasteiger partial charge in [0.2, 0.25) is 11.8 Å². The van der Waals surface area contributed by atoms with Crippen LogP contribution in [-0.2, 0) is 25.8 Å². The summed E-state index contributed by atoms with van der Waals surface area (Å²) in [4.78, 5) is 25.4. The first-order valence-corrected chi connectivity index (χ1v) is 10.2. The molecule has 0 aromatic heterocycles. The maximum Gasteiger partial charge on any atom is 0.223 e. The van der Waals surface area contributed by atoms with Crippen LogP contribution in [0.2, 0.25) is 0 Å². The van der Waals surface area contributed by atoms with Crippen LogP contribution in [0, 0.1) is 0 Å². The van der Waals surface area contributed by atoms with Crippen LogP contribution in [0.1, 0.15) is 46.1 Å². The van der Waals surface area contributed by atoms with E-state index in [9.17, 15) is 18.0 Å². The lowest BCUT2D eigenvalue weighted by molar-refractivity contribution is -0.121. The number of amides is 2. The zero-order valence-electron chi connectivity index (χ0n) is 15.2. The minimum Gasteiger partial charge on any atom is -0.354 e. The van der Waals surface area contributed by atoms with Crippen molar-refractivity contribution in [1.29, 1.82) is 0 Å². The van der Waals surface area contributed by atoms with E-state index < -0.39 is 15.1 Å². The molecule has 2 atom stereocenters. The van der Waals surface area contributed by atoms with Crippen LogP contribution in [0.15, 0.2) is 23.1 Å². The van der Waals surface area contributed by atoms with Gasteiger partial charge in [-0.05, 0) is 50.5 Å². The summed E-state index contributed by atoms with van der Waals surface area (Å²) in [5.74, 6) is -0.307. The van der Waals surface area contributed by atoms with Crippen LogP contribution < -0.4 is 10.2 Å². The van der Waals surface area contributed by atoms with Crippen molar-refractivity contribution >= 4 is 27.3 Å². The largest absolute Gasteiger partial charge is 0.354 e. The first-order chi connectivity index (χ1) is 11.7. The summed E-state index contributed by atoms with van der Waals surface area (Å²) in [5.41, 5.74) is 1.63. The van der Waals surface area contributed by atoms with Crippen LogP contribution in [0.25, 0.3) is 0 Å². The Morgan fingerprint density at radius 1 is 1.28 bits per heavy atom. The third-order valence-corrected chi connectivity index (χ3v) is 6.81. The second kappa shape index (κ2) is 7.56. The van der Waals surface area contributed by atoms with E-state index in [1.807, 2.05) is 13.8 Å². The van der Waals surface area contributed by atoms with E-state index in [0.717, 1.165) is 17.7 Å². The molecule has 2 amide bonds. The van der Waals surface area contributed by atoms with Gasteiger partial charge in [0, 0.05) is 31.6 Å². The Morgan fingerprint density at radius 2 is 1.96 bits per heavy atom. The molecule has 0 aliphatic carbocycles. The highest BCUT2D eigenvalue weighted by Crippen LogP contribution is 2.31. The van der Waals surface area contributed by atoms with Gasteiger partial charge in [0.15, 0.2) is 9.84 Å². The third kappa shape index (κ3) is 4.21. The number of anilines is 1. The van der Waals surface area contributed by atoms with Crippen molar-refractivity contribution in [3.05, 3.63) is 23.8 Å². The molecule has 1 aromatic rings. The Balaban J connectivity index is 2.17. The molecule has 0 fully saturated rings. The topological polar surface area (TPSA) is 83.6 Å². The van der Waals surface area contributed by atoms with E-state index in [1.54, 1.807) is 24.0 Å². The van der Waals surface area contributed by atoms with Gasteiger partial charge in [-0.15, -0.1) is 0 Å². The summed E-state index contributed by atoms with van der Waals surface area (Å²) in [5, 5.41) is 1.99. The average Bonchev–Trinajstić information content (AvgIpc) is 2.97. The van der Waals surface area contributed by atoms with Gasteiger partial charge in [-0.2, -0.15) is 0 Å². The number of hydrogen-bond acceptors (Lipinski definition) is 4. The van der Waals surface area contributed by atoms with Crippen LogP contribution >= 0.6 is 0 Å². The lowest BCUT2D eigenvalue weighted by Crippen LogP contribution is -2.35. The second-order valence-corrected chi connectivity index (χ2v) is 9.01. The van der Waals surface area contributed by atoms with Crippen LogP contribution in [0.3, 0.4) is 0 Å². The minimum atomic E-state index is -3.60. The van der Waals surface area contributed by atoms with Crippen molar-refractivity contribution in [2.24, 2.45) is 0 Å². The molecule has 1 aliphatic rings. The van der Waals surface area contributed by atoms with Crippen LogP contribution in [0.4, 0.5) is 5.69 Å². The molecule has 1 heterocycles.